The summed E-state index contributed by atoms with van der Waals surface area (Å²) in [7, 11) is 0. The molecule has 26 heavy (non-hydrogen) atoms. The van der Waals surface area contributed by atoms with Crippen molar-refractivity contribution in [1.82, 2.24) is 9.80 Å². The summed E-state index contributed by atoms with van der Waals surface area (Å²) in [6.07, 6.45) is -0.188. The van der Waals surface area contributed by atoms with Crippen LogP contribution in [-0.4, -0.2) is 65.5 Å². The predicted molar refractivity (Wildman–Crippen MR) is 102 cm³/mol. The highest BCUT2D eigenvalue weighted by Crippen LogP contribution is 2.38. The number of fused-ring (bicyclic) bond motifs is 1. The van der Waals surface area contributed by atoms with Gasteiger partial charge in [0.2, 0.25) is 0 Å². The van der Waals surface area contributed by atoms with Gasteiger partial charge in [0.05, 0.1) is 18.8 Å². The Morgan fingerprint density at radius 1 is 1.27 bits per heavy atom. The summed E-state index contributed by atoms with van der Waals surface area (Å²) in [5.41, 5.74) is 0.504. The van der Waals surface area contributed by atoms with Gasteiger partial charge in [0, 0.05) is 42.6 Å². The van der Waals surface area contributed by atoms with Crippen LogP contribution in [0.5, 0.6) is 5.75 Å². The van der Waals surface area contributed by atoms with E-state index in [1.54, 1.807) is 4.90 Å². The summed E-state index contributed by atoms with van der Waals surface area (Å²) in [6.45, 7) is 8.67. The first-order valence-corrected chi connectivity index (χ1v) is 9.86. The molecule has 2 heterocycles. The Morgan fingerprint density at radius 2 is 1.96 bits per heavy atom. The Balaban J connectivity index is 1.72. The summed E-state index contributed by atoms with van der Waals surface area (Å²) in [4.78, 5) is 16.2. The van der Waals surface area contributed by atoms with E-state index < -0.39 is 11.7 Å². The number of nitrogens with zero attached hydrogens (tertiary/aromatic N) is 2. The highest BCUT2D eigenvalue weighted by molar-refractivity contribution is 9.10. The Bertz CT molecular complexity index is 653. The molecule has 3 rings (SSSR count). The lowest BCUT2D eigenvalue weighted by atomic mass is 9.97. The van der Waals surface area contributed by atoms with Gasteiger partial charge >= 0.3 is 6.09 Å². The average Bonchev–Trinajstić information content (AvgIpc) is 2.71. The van der Waals surface area contributed by atoms with Crippen LogP contribution in [0.15, 0.2) is 22.7 Å². The third kappa shape index (κ3) is 4.50. The van der Waals surface area contributed by atoms with Crippen molar-refractivity contribution in [3.05, 3.63) is 28.2 Å². The number of benzene rings is 1. The zero-order valence-corrected chi connectivity index (χ0v) is 17.2. The molecule has 1 aromatic carbocycles. The molecule has 7 heteroatoms. The number of carbonyl (C=O) groups excluding carboxylic acids is 1. The van der Waals surface area contributed by atoms with E-state index in [2.05, 4.69) is 20.8 Å². The molecular formula is C19H27BrN2O4. The van der Waals surface area contributed by atoms with Gasteiger partial charge < -0.3 is 19.5 Å². The Morgan fingerprint density at radius 3 is 2.62 bits per heavy atom. The molecule has 2 atom stereocenters. The van der Waals surface area contributed by atoms with E-state index in [0.29, 0.717) is 39.2 Å². The van der Waals surface area contributed by atoms with Crippen LogP contribution in [-0.2, 0) is 4.74 Å². The number of amides is 1. The largest absolute Gasteiger partial charge is 0.493 e. The van der Waals surface area contributed by atoms with Crippen LogP contribution in [0.4, 0.5) is 4.79 Å². The van der Waals surface area contributed by atoms with Crippen LogP contribution in [0, 0.1) is 0 Å². The van der Waals surface area contributed by atoms with Crippen LogP contribution in [0.2, 0.25) is 0 Å². The van der Waals surface area contributed by atoms with Crippen LogP contribution in [0.25, 0.3) is 0 Å². The van der Waals surface area contributed by atoms with E-state index in [0.717, 1.165) is 15.8 Å². The van der Waals surface area contributed by atoms with Crippen LogP contribution in [0.3, 0.4) is 0 Å². The van der Waals surface area contributed by atoms with Crippen molar-refractivity contribution in [2.24, 2.45) is 0 Å². The second-order valence-electron chi connectivity index (χ2n) is 7.83. The molecule has 144 valence electrons. The summed E-state index contributed by atoms with van der Waals surface area (Å²) in [6, 6.07) is 5.79. The molecule has 6 nitrogen and oxygen atoms in total. The third-order valence-electron chi connectivity index (χ3n) is 4.69. The minimum Gasteiger partial charge on any atom is -0.493 e. The first-order valence-electron chi connectivity index (χ1n) is 9.07. The molecule has 1 N–H and O–H groups in total. The van der Waals surface area contributed by atoms with Crippen molar-refractivity contribution in [3.8, 4) is 5.75 Å². The number of piperazine rings is 1. The van der Waals surface area contributed by atoms with Gasteiger partial charge in [-0.1, -0.05) is 15.9 Å². The first kappa shape index (κ1) is 19.5. The number of carbonyl (C=O) groups is 1. The number of halogens is 1. The highest BCUT2D eigenvalue weighted by atomic mass is 79.9. The van der Waals surface area contributed by atoms with Crippen LogP contribution in [0.1, 0.15) is 38.8 Å². The number of hydrogen-bond donors (Lipinski definition) is 1. The molecular weight excluding hydrogens is 400 g/mol. The Hall–Kier alpha value is -1.31. The maximum atomic E-state index is 12.3. The van der Waals surface area contributed by atoms with Gasteiger partial charge in [-0.2, -0.15) is 0 Å². The predicted octanol–water partition coefficient (Wildman–Crippen LogP) is 3.19. The molecule has 0 aromatic heterocycles. The number of hydrogen-bond acceptors (Lipinski definition) is 5. The van der Waals surface area contributed by atoms with Crippen molar-refractivity contribution in [1.29, 1.82) is 0 Å². The molecule has 0 aliphatic carbocycles. The fourth-order valence-corrected chi connectivity index (χ4v) is 3.86. The second-order valence-corrected chi connectivity index (χ2v) is 8.75. The standard InChI is InChI=1S/C19H27BrN2O4/c1-19(2,3)26-18(24)22-9-7-21(8-10-22)17-14-12-13(20)4-5-16(14)25-11-6-15(17)23/h4-5,12,15,17,23H,6-11H2,1-3H3/t15-,17-/m1/s1. The average molecular weight is 427 g/mol. The van der Waals surface area contributed by atoms with Crippen molar-refractivity contribution < 1.29 is 19.4 Å². The molecule has 2 aliphatic rings. The van der Waals surface area contributed by atoms with E-state index in [-0.39, 0.29) is 12.1 Å². The summed E-state index contributed by atoms with van der Waals surface area (Å²) in [5, 5.41) is 10.7. The molecule has 0 bridgehead atoms. The normalized spacial score (nSPS) is 24.4. The molecule has 2 aliphatic heterocycles. The Kier molecular flexibility index (Phi) is 5.79. The topological polar surface area (TPSA) is 62.2 Å². The molecule has 0 spiro atoms. The van der Waals surface area contributed by atoms with Gasteiger partial charge in [0.15, 0.2) is 0 Å². The molecule has 1 amide bonds. The maximum absolute atomic E-state index is 12.3. The molecule has 1 fully saturated rings. The number of ether oxygens (including phenoxy) is 2. The molecule has 1 saturated heterocycles. The highest BCUT2D eigenvalue weighted by Gasteiger charge is 2.35. The van der Waals surface area contributed by atoms with Gasteiger partial charge in [0.1, 0.15) is 11.4 Å². The lowest BCUT2D eigenvalue weighted by molar-refractivity contribution is -0.00660. The van der Waals surface area contributed by atoms with Gasteiger partial charge in [-0.05, 0) is 39.0 Å². The lowest BCUT2D eigenvalue weighted by Crippen LogP contribution is -2.52. The second kappa shape index (κ2) is 7.74. The van der Waals surface area contributed by atoms with Crippen molar-refractivity contribution in [2.75, 3.05) is 32.8 Å². The molecule has 0 radical (unpaired) electrons. The van der Waals surface area contributed by atoms with E-state index >= 15 is 0 Å². The molecule has 0 saturated carbocycles. The van der Waals surface area contributed by atoms with E-state index in [1.165, 1.54) is 0 Å². The summed E-state index contributed by atoms with van der Waals surface area (Å²) in [5.74, 6) is 0.823. The SMILES string of the molecule is CC(C)(C)OC(=O)N1CCN([C@@H]2c3cc(Br)ccc3OCC[C@H]2O)CC1. The van der Waals surface area contributed by atoms with Gasteiger partial charge in [0.25, 0.3) is 0 Å². The number of aliphatic hydroxyl groups excluding tert-OH is 1. The Labute approximate surface area is 163 Å². The quantitative estimate of drug-likeness (QED) is 0.746. The zero-order chi connectivity index (χ0) is 18.9. The van der Waals surface area contributed by atoms with Crippen molar-refractivity contribution in [2.45, 2.75) is 44.9 Å². The van der Waals surface area contributed by atoms with Crippen molar-refractivity contribution >= 4 is 22.0 Å². The maximum Gasteiger partial charge on any atom is 0.410 e. The minimum absolute atomic E-state index is 0.134. The fourth-order valence-electron chi connectivity index (χ4n) is 3.49. The summed E-state index contributed by atoms with van der Waals surface area (Å²) < 4.78 is 12.2. The third-order valence-corrected chi connectivity index (χ3v) is 5.18. The van der Waals surface area contributed by atoms with Gasteiger partial charge in [-0.25, -0.2) is 4.79 Å². The van der Waals surface area contributed by atoms with E-state index in [9.17, 15) is 9.90 Å². The first-order chi connectivity index (χ1) is 12.2. The number of aliphatic hydroxyl groups is 1. The van der Waals surface area contributed by atoms with Crippen molar-refractivity contribution in [3.63, 3.8) is 0 Å². The minimum atomic E-state index is -0.501. The number of rotatable bonds is 1. The zero-order valence-electron chi connectivity index (χ0n) is 15.6. The lowest BCUT2D eigenvalue weighted by Gasteiger charge is -2.41. The van der Waals surface area contributed by atoms with Crippen LogP contribution >= 0.6 is 15.9 Å². The van der Waals surface area contributed by atoms with E-state index in [4.69, 9.17) is 9.47 Å². The van der Waals surface area contributed by atoms with E-state index in [1.807, 2.05) is 39.0 Å². The molecule has 0 unspecified atom stereocenters. The van der Waals surface area contributed by atoms with Crippen LogP contribution < -0.4 is 4.74 Å². The monoisotopic (exact) mass is 426 g/mol. The smallest absolute Gasteiger partial charge is 0.410 e. The fraction of sp³-hybridized carbons (Fsp3) is 0.632. The van der Waals surface area contributed by atoms with Gasteiger partial charge in [-0.3, -0.25) is 4.90 Å². The van der Waals surface area contributed by atoms with Gasteiger partial charge in [-0.15, -0.1) is 0 Å². The molecule has 1 aromatic rings. The summed E-state index contributed by atoms with van der Waals surface area (Å²) >= 11 is 3.52.